The van der Waals surface area contributed by atoms with Crippen LogP contribution >= 0.6 is 15.9 Å². The molecule has 0 spiro atoms. The SMILES string of the molecule is CCc1nccn1-c1cccc(F)c1CBr. The molecule has 0 N–H and O–H groups in total. The first-order valence-corrected chi connectivity index (χ1v) is 6.26. The molecule has 1 heterocycles. The van der Waals surface area contributed by atoms with E-state index >= 15 is 0 Å². The van der Waals surface area contributed by atoms with Crippen LogP contribution in [-0.4, -0.2) is 9.55 Å². The van der Waals surface area contributed by atoms with Gasteiger partial charge in [0.15, 0.2) is 0 Å². The van der Waals surface area contributed by atoms with Crippen molar-refractivity contribution in [1.29, 1.82) is 0 Å². The average Bonchev–Trinajstić information content (AvgIpc) is 2.76. The molecule has 0 amide bonds. The first-order valence-electron chi connectivity index (χ1n) is 5.14. The van der Waals surface area contributed by atoms with Crippen molar-refractivity contribution in [2.45, 2.75) is 18.7 Å². The zero-order valence-electron chi connectivity index (χ0n) is 8.95. The van der Waals surface area contributed by atoms with Gasteiger partial charge in [0.1, 0.15) is 11.6 Å². The topological polar surface area (TPSA) is 17.8 Å². The van der Waals surface area contributed by atoms with Gasteiger partial charge in [0.25, 0.3) is 0 Å². The number of benzene rings is 1. The number of aryl methyl sites for hydroxylation is 1. The van der Waals surface area contributed by atoms with Gasteiger partial charge in [-0.3, -0.25) is 0 Å². The fourth-order valence-corrected chi connectivity index (χ4v) is 2.28. The Bertz CT molecular complexity index is 494. The number of nitrogens with zero attached hydrogens (tertiary/aromatic N) is 2. The van der Waals surface area contributed by atoms with Crippen molar-refractivity contribution in [1.82, 2.24) is 9.55 Å². The summed E-state index contributed by atoms with van der Waals surface area (Å²) in [6, 6.07) is 5.10. The summed E-state index contributed by atoms with van der Waals surface area (Å²) in [5.74, 6) is 0.748. The quantitative estimate of drug-likeness (QED) is 0.789. The van der Waals surface area contributed by atoms with Crippen LogP contribution in [0, 0.1) is 5.82 Å². The molecule has 0 aliphatic heterocycles. The number of rotatable bonds is 3. The summed E-state index contributed by atoms with van der Waals surface area (Å²) in [4.78, 5) is 4.24. The Hall–Kier alpha value is -1.16. The molecule has 2 nitrogen and oxygen atoms in total. The van der Waals surface area contributed by atoms with E-state index in [1.165, 1.54) is 6.07 Å². The zero-order valence-corrected chi connectivity index (χ0v) is 10.5. The van der Waals surface area contributed by atoms with E-state index in [2.05, 4.69) is 20.9 Å². The minimum absolute atomic E-state index is 0.190. The van der Waals surface area contributed by atoms with Gasteiger partial charge in [-0.05, 0) is 12.1 Å². The van der Waals surface area contributed by atoms with Gasteiger partial charge in [0.2, 0.25) is 0 Å². The lowest BCUT2D eigenvalue weighted by Crippen LogP contribution is -2.03. The Balaban J connectivity index is 2.60. The third-order valence-corrected chi connectivity index (χ3v) is 3.08. The minimum atomic E-state index is -0.190. The Morgan fingerprint density at radius 1 is 1.44 bits per heavy atom. The van der Waals surface area contributed by atoms with Crippen molar-refractivity contribution in [2.24, 2.45) is 0 Å². The van der Waals surface area contributed by atoms with E-state index in [1.54, 1.807) is 12.3 Å². The Kier molecular flexibility index (Phi) is 3.39. The molecular formula is C12H12BrFN2. The first-order chi connectivity index (χ1) is 7.77. The van der Waals surface area contributed by atoms with E-state index < -0.39 is 0 Å². The van der Waals surface area contributed by atoms with Crippen molar-refractivity contribution in [3.05, 3.63) is 47.8 Å². The molecule has 0 bridgehead atoms. The molecule has 2 rings (SSSR count). The molecule has 0 saturated carbocycles. The molecule has 1 aromatic heterocycles. The first kappa shape index (κ1) is 11.3. The van der Waals surface area contributed by atoms with Crippen LogP contribution in [0.1, 0.15) is 18.3 Å². The number of hydrogen-bond donors (Lipinski definition) is 0. The van der Waals surface area contributed by atoms with Crippen LogP contribution < -0.4 is 0 Å². The number of hydrogen-bond acceptors (Lipinski definition) is 1. The summed E-state index contributed by atoms with van der Waals surface area (Å²) >= 11 is 3.32. The van der Waals surface area contributed by atoms with Gasteiger partial charge in [-0.1, -0.05) is 28.9 Å². The minimum Gasteiger partial charge on any atom is -0.303 e. The highest BCUT2D eigenvalue weighted by Crippen LogP contribution is 2.22. The number of alkyl halides is 1. The van der Waals surface area contributed by atoms with E-state index in [0.717, 1.165) is 17.9 Å². The number of halogens is 2. The second kappa shape index (κ2) is 4.78. The Morgan fingerprint density at radius 2 is 2.25 bits per heavy atom. The van der Waals surface area contributed by atoms with Crippen LogP contribution in [0.2, 0.25) is 0 Å². The fraction of sp³-hybridized carbons (Fsp3) is 0.250. The van der Waals surface area contributed by atoms with Crippen LogP contribution in [0.3, 0.4) is 0 Å². The Labute approximate surface area is 102 Å². The average molecular weight is 283 g/mol. The lowest BCUT2D eigenvalue weighted by Gasteiger charge is -2.11. The van der Waals surface area contributed by atoms with Gasteiger partial charge in [0, 0.05) is 29.7 Å². The largest absolute Gasteiger partial charge is 0.303 e. The monoisotopic (exact) mass is 282 g/mol. The highest BCUT2D eigenvalue weighted by Gasteiger charge is 2.10. The third kappa shape index (κ3) is 1.89. The number of aromatic nitrogens is 2. The van der Waals surface area contributed by atoms with Crippen molar-refractivity contribution in [3.63, 3.8) is 0 Å². The summed E-state index contributed by atoms with van der Waals surface area (Å²) < 4.78 is 15.5. The summed E-state index contributed by atoms with van der Waals surface area (Å²) in [7, 11) is 0. The van der Waals surface area contributed by atoms with Crippen LogP contribution in [0.15, 0.2) is 30.6 Å². The predicted molar refractivity (Wildman–Crippen MR) is 65.5 cm³/mol. The maximum Gasteiger partial charge on any atom is 0.129 e. The molecule has 0 saturated heterocycles. The molecular weight excluding hydrogens is 271 g/mol. The van der Waals surface area contributed by atoms with Crippen LogP contribution in [0.4, 0.5) is 4.39 Å². The van der Waals surface area contributed by atoms with Crippen molar-refractivity contribution >= 4 is 15.9 Å². The van der Waals surface area contributed by atoms with Crippen molar-refractivity contribution in [3.8, 4) is 5.69 Å². The van der Waals surface area contributed by atoms with Gasteiger partial charge in [-0.15, -0.1) is 0 Å². The summed E-state index contributed by atoms with van der Waals surface area (Å²) in [6.45, 7) is 2.03. The third-order valence-electron chi connectivity index (χ3n) is 2.52. The van der Waals surface area contributed by atoms with Gasteiger partial charge in [0.05, 0.1) is 5.69 Å². The van der Waals surface area contributed by atoms with Gasteiger partial charge in [-0.25, -0.2) is 9.37 Å². The van der Waals surface area contributed by atoms with E-state index in [-0.39, 0.29) is 5.82 Å². The molecule has 0 unspecified atom stereocenters. The summed E-state index contributed by atoms with van der Waals surface area (Å²) in [5.41, 5.74) is 1.52. The van der Waals surface area contributed by atoms with Crippen LogP contribution in [-0.2, 0) is 11.8 Å². The van der Waals surface area contributed by atoms with Crippen LogP contribution in [0.25, 0.3) is 5.69 Å². The van der Waals surface area contributed by atoms with Gasteiger partial charge >= 0.3 is 0 Å². The smallest absolute Gasteiger partial charge is 0.129 e. The number of imidazole rings is 1. The highest BCUT2D eigenvalue weighted by atomic mass is 79.9. The van der Waals surface area contributed by atoms with E-state index in [1.807, 2.05) is 23.8 Å². The van der Waals surface area contributed by atoms with E-state index in [0.29, 0.717) is 10.9 Å². The lowest BCUT2D eigenvalue weighted by atomic mass is 10.2. The molecule has 4 heteroatoms. The van der Waals surface area contributed by atoms with Crippen molar-refractivity contribution in [2.75, 3.05) is 0 Å². The normalized spacial score (nSPS) is 10.7. The maximum atomic E-state index is 13.6. The molecule has 0 atom stereocenters. The van der Waals surface area contributed by atoms with Crippen LogP contribution in [0.5, 0.6) is 0 Å². The van der Waals surface area contributed by atoms with E-state index in [9.17, 15) is 4.39 Å². The predicted octanol–water partition coefficient (Wildman–Crippen LogP) is 3.47. The molecule has 0 radical (unpaired) electrons. The van der Waals surface area contributed by atoms with E-state index in [4.69, 9.17) is 0 Å². The molecule has 16 heavy (non-hydrogen) atoms. The molecule has 0 fully saturated rings. The maximum absolute atomic E-state index is 13.6. The second-order valence-electron chi connectivity index (χ2n) is 3.44. The molecule has 1 aromatic carbocycles. The molecule has 2 aromatic rings. The lowest BCUT2D eigenvalue weighted by molar-refractivity contribution is 0.615. The van der Waals surface area contributed by atoms with Gasteiger partial charge in [-0.2, -0.15) is 0 Å². The standard InChI is InChI=1S/C12H12BrFN2/c1-2-12-15-6-7-16(12)11-5-3-4-10(14)9(11)8-13/h3-7H,2,8H2,1H3. The summed E-state index contributed by atoms with van der Waals surface area (Å²) in [6.07, 6.45) is 4.42. The Morgan fingerprint density at radius 3 is 2.94 bits per heavy atom. The molecule has 84 valence electrons. The second-order valence-corrected chi connectivity index (χ2v) is 4.00. The van der Waals surface area contributed by atoms with Gasteiger partial charge < -0.3 is 4.57 Å². The zero-order chi connectivity index (χ0) is 11.5. The molecule has 0 aliphatic rings. The van der Waals surface area contributed by atoms with Crippen molar-refractivity contribution < 1.29 is 4.39 Å². The summed E-state index contributed by atoms with van der Waals surface area (Å²) in [5, 5.41) is 0.496. The highest BCUT2D eigenvalue weighted by molar-refractivity contribution is 9.08. The molecule has 0 aliphatic carbocycles. The fourth-order valence-electron chi connectivity index (χ4n) is 1.72.